The highest BCUT2D eigenvalue weighted by molar-refractivity contribution is 9.10. The van der Waals surface area contributed by atoms with Crippen LogP contribution in [0.4, 0.5) is 8.78 Å². The van der Waals surface area contributed by atoms with Crippen LogP contribution in [-0.4, -0.2) is 59.1 Å². The van der Waals surface area contributed by atoms with Gasteiger partial charge in [0.05, 0.1) is 43.1 Å². The van der Waals surface area contributed by atoms with E-state index in [4.69, 9.17) is 14.0 Å². The number of ether oxygens (including phenoxy) is 2. The molecule has 0 bridgehead atoms. The molecule has 2 aromatic rings. The molecule has 1 unspecified atom stereocenters. The number of benzene rings is 2. The molecule has 2 heterocycles. The molecule has 0 N–H and O–H groups in total. The summed E-state index contributed by atoms with van der Waals surface area (Å²) in [6, 6.07) is 10.4. The Morgan fingerprint density at radius 2 is 1.70 bits per heavy atom. The van der Waals surface area contributed by atoms with Crippen molar-refractivity contribution in [1.82, 2.24) is 4.90 Å². The second-order valence-corrected chi connectivity index (χ2v) is 18.9. The van der Waals surface area contributed by atoms with E-state index in [-0.39, 0.29) is 74.3 Å². The second-order valence-electron chi connectivity index (χ2n) is 15.2. The lowest BCUT2D eigenvalue weighted by atomic mass is 9.94. The van der Waals surface area contributed by atoms with Crippen molar-refractivity contribution in [2.45, 2.75) is 127 Å². The van der Waals surface area contributed by atoms with E-state index in [0.29, 0.717) is 12.8 Å². The lowest BCUT2D eigenvalue weighted by Gasteiger charge is -2.32. The number of nitrogens with zero attached hydrogens (tertiary/aromatic N) is 1. The average Bonchev–Trinajstić information content (AvgIpc) is 3.41. The number of hydrogen-bond donors (Lipinski definition) is 0. The van der Waals surface area contributed by atoms with Crippen LogP contribution in [-0.2, 0) is 45.7 Å². The first kappa shape index (κ1) is 40.0. The number of rotatable bonds is 11. The predicted molar refractivity (Wildman–Crippen MR) is 201 cm³/mol. The average molecular weight is 819 g/mol. The zero-order chi connectivity index (χ0) is 37.6. The molecule has 1 amide bonds. The van der Waals surface area contributed by atoms with Crippen molar-refractivity contribution in [2.24, 2.45) is 11.8 Å². The first-order valence-corrected chi connectivity index (χ1v) is 21.8. The van der Waals surface area contributed by atoms with E-state index >= 15 is 13.3 Å². The smallest absolute Gasteiger partial charge is 0.306 e. The summed E-state index contributed by atoms with van der Waals surface area (Å²) in [4.78, 5) is 44.0. The van der Waals surface area contributed by atoms with Crippen molar-refractivity contribution in [3.63, 3.8) is 0 Å². The number of amides is 1. The molecule has 2 aliphatic heterocycles. The molecule has 2 aliphatic carbocycles. The summed E-state index contributed by atoms with van der Waals surface area (Å²) in [6.45, 7) is 2.17. The van der Waals surface area contributed by atoms with Gasteiger partial charge in [0.15, 0.2) is 5.78 Å². The van der Waals surface area contributed by atoms with Gasteiger partial charge in [0.1, 0.15) is 17.7 Å². The number of Topliss-reactive ketones (excluding diaryl/α,β-unsaturated/α-hetero) is 1. The highest BCUT2D eigenvalue weighted by atomic mass is 79.9. The minimum absolute atomic E-state index is 0.0401. The van der Waals surface area contributed by atoms with Gasteiger partial charge in [-0.1, -0.05) is 59.1 Å². The number of allylic oxidation sites excluding steroid dienone is 2. The van der Waals surface area contributed by atoms with Gasteiger partial charge in [-0.25, -0.2) is 8.78 Å². The highest BCUT2D eigenvalue weighted by Crippen LogP contribution is 2.77. The topological polar surface area (TPSA) is 99.2 Å². The normalized spacial score (nSPS) is 28.7. The largest absolute Gasteiger partial charge is 0.462 e. The van der Waals surface area contributed by atoms with Gasteiger partial charge in [-0.05, 0) is 94.0 Å². The Labute approximate surface area is 320 Å². The Hall–Kier alpha value is -2.72. The van der Waals surface area contributed by atoms with E-state index in [9.17, 15) is 14.4 Å². The van der Waals surface area contributed by atoms with Gasteiger partial charge in [-0.3, -0.25) is 18.9 Å². The van der Waals surface area contributed by atoms with Crippen LogP contribution in [0, 0.1) is 23.5 Å². The highest BCUT2D eigenvalue weighted by Gasteiger charge is 2.66. The molecule has 0 spiro atoms. The zero-order valence-corrected chi connectivity index (χ0v) is 33.0. The number of fused-ring (bicyclic) bond motifs is 2. The van der Waals surface area contributed by atoms with Crippen molar-refractivity contribution < 1.29 is 41.7 Å². The number of halogens is 3. The Bertz CT molecular complexity index is 1680. The third-order valence-electron chi connectivity index (χ3n) is 11.5. The molecule has 3 fully saturated rings. The van der Waals surface area contributed by atoms with Gasteiger partial charge in [-0.2, -0.15) is 0 Å². The molecule has 53 heavy (non-hydrogen) atoms. The fraction of sp³-hybridized carbons (Fsp3) is 0.585. The van der Waals surface area contributed by atoms with E-state index in [1.54, 1.807) is 11.8 Å². The number of esters is 1. The van der Waals surface area contributed by atoms with Crippen molar-refractivity contribution >= 4 is 41.0 Å². The van der Waals surface area contributed by atoms with Crippen LogP contribution in [0.25, 0.3) is 0 Å². The van der Waals surface area contributed by atoms with Crippen LogP contribution in [0.2, 0.25) is 0 Å². The maximum absolute atomic E-state index is 15.1. The molecule has 8 nitrogen and oxygen atoms in total. The lowest BCUT2D eigenvalue weighted by Crippen LogP contribution is -2.45. The Balaban J connectivity index is 1.30. The summed E-state index contributed by atoms with van der Waals surface area (Å²) >= 11 is 3.45. The maximum Gasteiger partial charge on any atom is 0.306 e. The van der Waals surface area contributed by atoms with Gasteiger partial charge in [0, 0.05) is 35.3 Å². The zero-order valence-electron chi connectivity index (χ0n) is 30.5. The Morgan fingerprint density at radius 1 is 0.981 bits per heavy atom. The monoisotopic (exact) mass is 817 g/mol. The second kappa shape index (κ2) is 17.8. The molecule has 4 aliphatic rings. The van der Waals surface area contributed by atoms with Crippen LogP contribution < -0.4 is 0 Å². The summed E-state index contributed by atoms with van der Waals surface area (Å²) in [5, 5.41) is -1.18. The fourth-order valence-electron chi connectivity index (χ4n) is 8.48. The SMILES string of the molecule is CCOP(=O)(Cc1c(F)cccc1F)[C@]12CC(=O)[C@@H]3C[C@H](OCc4ccc(Br)cc4)CN3C(=O)[C@@H](CC(=O)OC3CCCC3)CCCCC/C=C\[C@@H]1C2. The molecule has 288 valence electrons. The van der Waals surface area contributed by atoms with Gasteiger partial charge < -0.3 is 18.9 Å². The van der Waals surface area contributed by atoms with E-state index in [1.807, 2.05) is 36.4 Å². The molecular formula is C41H51BrF2NO7P. The third kappa shape index (κ3) is 9.57. The maximum atomic E-state index is 15.1. The van der Waals surface area contributed by atoms with Gasteiger partial charge in [0.25, 0.3) is 0 Å². The molecule has 6 atom stereocenters. The van der Waals surface area contributed by atoms with E-state index < -0.39 is 48.4 Å². The van der Waals surface area contributed by atoms with Crippen LogP contribution in [0.3, 0.4) is 0 Å². The molecular weight excluding hydrogens is 767 g/mol. The van der Waals surface area contributed by atoms with E-state index in [2.05, 4.69) is 15.9 Å². The minimum Gasteiger partial charge on any atom is -0.462 e. The van der Waals surface area contributed by atoms with Crippen LogP contribution >= 0.6 is 23.3 Å². The quantitative estimate of drug-likeness (QED) is 0.127. The van der Waals surface area contributed by atoms with Crippen LogP contribution in [0.15, 0.2) is 59.1 Å². The number of hydrogen-bond acceptors (Lipinski definition) is 7. The summed E-state index contributed by atoms with van der Waals surface area (Å²) < 4.78 is 64.1. The van der Waals surface area contributed by atoms with Crippen molar-refractivity contribution in [3.8, 4) is 0 Å². The number of carbonyl (C=O) groups is 3. The fourth-order valence-corrected chi connectivity index (χ4v) is 12.0. The Morgan fingerprint density at radius 3 is 2.42 bits per heavy atom. The van der Waals surface area contributed by atoms with Crippen molar-refractivity contribution in [2.75, 3.05) is 13.2 Å². The molecule has 2 saturated carbocycles. The summed E-state index contributed by atoms with van der Waals surface area (Å²) in [6.07, 6.45) is 10.7. The van der Waals surface area contributed by atoms with Crippen LogP contribution in [0.1, 0.15) is 102 Å². The molecule has 0 aromatic heterocycles. The lowest BCUT2D eigenvalue weighted by molar-refractivity contribution is -0.154. The summed E-state index contributed by atoms with van der Waals surface area (Å²) in [5.41, 5.74) is 0.621. The summed E-state index contributed by atoms with van der Waals surface area (Å²) in [7, 11) is -3.90. The number of carbonyl (C=O) groups excluding carboxylic acids is 3. The minimum atomic E-state index is -3.90. The third-order valence-corrected chi connectivity index (χ3v) is 15.5. The molecule has 0 radical (unpaired) electrons. The molecule has 12 heteroatoms. The van der Waals surface area contributed by atoms with Crippen LogP contribution in [0.5, 0.6) is 0 Å². The molecule has 1 saturated heterocycles. The van der Waals surface area contributed by atoms with Gasteiger partial charge in [0.2, 0.25) is 13.3 Å². The van der Waals surface area contributed by atoms with Gasteiger partial charge >= 0.3 is 5.97 Å². The van der Waals surface area contributed by atoms with Crippen molar-refractivity contribution in [3.05, 3.63) is 81.9 Å². The van der Waals surface area contributed by atoms with E-state index in [1.165, 1.54) is 6.07 Å². The van der Waals surface area contributed by atoms with Gasteiger partial charge in [-0.15, -0.1) is 0 Å². The van der Waals surface area contributed by atoms with Crippen molar-refractivity contribution in [1.29, 1.82) is 0 Å². The first-order chi connectivity index (χ1) is 25.5. The molecule has 6 rings (SSSR count). The predicted octanol–water partition coefficient (Wildman–Crippen LogP) is 9.46. The first-order valence-electron chi connectivity index (χ1n) is 19.2. The summed E-state index contributed by atoms with van der Waals surface area (Å²) in [5.74, 6) is -3.54. The molecule has 2 aromatic carbocycles. The number of ketones is 1. The van der Waals surface area contributed by atoms with E-state index in [0.717, 1.165) is 73.5 Å². The Kier molecular flexibility index (Phi) is 13.4. The standard InChI is InChI=1S/C41H51BrF2NO7P/c1-2-51-53(49,27-34-35(43)15-10-16-36(34)44)41-23-30(41)12-7-5-3-4-6-11-29(21-39(47)52-32-13-8-9-14-32)40(48)45-25-33(22-37(45)38(46)24-41)50-26-28-17-19-31(42)20-18-28/h7,10,12,15-20,29-30,32-33,37H,2-6,8-9,11,13-14,21-27H2,1H3/b12-7-/t29-,30-,33+,37+,41-,53?/m1/s1.